The first-order valence-corrected chi connectivity index (χ1v) is 12.2. The first kappa shape index (κ1) is 26.3. The molecule has 194 valence electrons. The van der Waals surface area contributed by atoms with Crippen molar-refractivity contribution in [3.05, 3.63) is 81.7 Å². The van der Waals surface area contributed by atoms with E-state index < -0.39 is 34.8 Å². The molecule has 1 unspecified atom stereocenters. The van der Waals surface area contributed by atoms with Crippen LogP contribution < -0.4 is 16.2 Å². The number of hydrogen-bond acceptors (Lipinski definition) is 2. The van der Waals surface area contributed by atoms with Crippen LogP contribution >= 0.6 is 0 Å². The number of nitrogens with two attached hydrogens (primary N) is 1. The molecule has 0 radical (unpaired) electrons. The van der Waals surface area contributed by atoms with Gasteiger partial charge in [0.25, 0.3) is 0 Å². The normalized spacial score (nSPS) is 23.7. The molecule has 1 atom stereocenters. The summed E-state index contributed by atoms with van der Waals surface area (Å²) >= 11 is 0. The van der Waals surface area contributed by atoms with E-state index in [1.54, 1.807) is 0 Å². The summed E-state index contributed by atoms with van der Waals surface area (Å²) in [5, 5.41) is -0.0923. The second-order valence-electron chi connectivity index (χ2n) is 9.60. The molecular weight excluding hydrogens is 480 g/mol. The second kappa shape index (κ2) is 10.7. The lowest BCUT2D eigenvalue weighted by Crippen LogP contribution is -2.32. The molecule has 8 heteroatoms. The summed E-state index contributed by atoms with van der Waals surface area (Å²) in [7, 11) is 0. The Balaban J connectivity index is 1.53. The van der Waals surface area contributed by atoms with Crippen molar-refractivity contribution in [2.24, 2.45) is 17.6 Å². The van der Waals surface area contributed by atoms with E-state index in [2.05, 4.69) is 17.7 Å². The Morgan fingerprint density at radius 1 is 0.944 bits per heavy atom. The van der Waals surface area contributed by atoms with Gasteiger partial charge >= 0.3 is 6.36 Å². The van der Waals surface area contributed by atoms with Crippen LogP contribution in [0.3, 0.4) is 0 Å². The molecule has 2 nitrogen and oxygen atoms in total. The summed E-state index contributed by atoms with van der Waals surface area (Å²) in [6.45, 7) is 2.11. The number of ether oxygens (including phenoxy) is 1. The highest BCUT2D eigenvalue weighted by atomic mass is 19.4. The van der Waals surface area contributed by atoms with E-state index in [1.165, 1.54) is 17.7 Å². The molecule has 1 fully saturated rings. The number of allylic oxidation sites excluding steroid dienone is 7. The molecule has 2 N–H and O–H groups in total. The van der Waals surface area contributed by atoms with Crippen LogP contribution in [0.25, 0.3) is 11.1 Å². The number of benzene rings is 1. The molecule has 0 amide bonds. The number of alkyl halides is 3. The molecule has 4 rings (SSSR count). The molecule has 0 aromatic heterocycles. The quantitative estimate of drug-likeness (QED) is 0.479. The zero-order valence-electron chi connectivity index (χ0n) is 20.0. The van der Waals surface area contributed by atoms with Gasteiger partial charge in [0.15, 0.2) is 11.6 Å². The minimum atomic E-state index is -5.06. The van der Waals surface area contributed by atoms with Gasteiger partial charge < -0.3 is 10.5 Å². The van der Waals surface area contributed by atoms with E-state index in [-0.39, 0.29) is 18.0 Å². The SMILES string of the molecule is CCC(N)C1CCC(C2=CCC(=c3cc(F)c(=C4C=C(F)C(OC(F)(F)F)=CC4)c(F)c3)C=C2)CC1. The lowest BCUT2D eigenvalue weighted by Gasteiger charge is -2.33. The van der Waals surface area contributed by atoms with Crippen molar-refractivity contribution in [1.29, 1.82) is 0 Å². The highest BCUT2D eigenvalue weighted by Gasteiger charge is 2.34. The summed E-state index contributed by atoms with van der Waals surface area (Å²) < 4.78 is 84.7. The Bertz CT molecular complexity index is 1220. The van der Waals surface area contributed by atoms with Gasteiger partial charge in [-0.25, -0.2) is 13.2 Å². The maximum atomic E-state index is 14.9. The van der Waals surface area contributed by atoms with Gasteiger partial charge in [0, 0.05) is 11.3 Å². The van der Waals surface area contributed by atoms with Crippen molar-refractivity contribution in [2.75, 3.05) is 0 Å². The van der Waals surface area contributed by atoms with E-state index in [4.69, 9.17) is 5.73 Å². The van der Waals surface area contributed by atoms with Crippen molar-refractivity contribution in [2.45, 2.75) is 64.3 Å². The average Bonchev–Trinajstić information content (AvgIpc) is 2.84. The lowest BCUT2D eigenvalue weighted by atomic mass is 9.74. The molecule has 0 bridgehead atoms. The Labute approximate surface area is 206 Å². The van der Waals surface area contributed by atoms with Gasteiger partial charge in [0.1, 0.15) is 11.6 Å². The Kier molecular flexibility index (Phi) is 7.83. The molecule has 0 aliphatic heterocycles. The predicted octanol–water partition coefficient (Wildman–Crippen LogP) is 6.37. The average molecular weight is 510 g/mol. The zero-order valence-corrected chi connectivity index (χ0v) is 20.0. The summed E-state index contributed by atoms with van der Waals surface area (Å²) in [4.78, 5) is 0. The van der Waals surface area contributed by atoms with Crippen LogP contribution in [0.2, 0.25) is 0 Å². The minimum absolute atomic E-state index is 0.103. The van der Waals surface area contributed by atoms with E-state index in [0.717, 1.165) is 43.8 Å². The molecule has 3 aliphatic carbocycles. The third-order valence-corrected chi connectivity index (χ3v) is 7.36. The lowest BCUT2D eigenvalue weighted by molar-refractivity contribution is -0.304. The Morgan fingerprint density at radius 2 is 1.58 bits per heavy atom. The zero-order chi connectivity index (χ0) is 26.0. The Hall–Kier alpha value is -2.74. The van der Waals surface area contributed by atoms with Crippen molar-refractivity contribution < 1.29 is 31.1 Å². The third-order valence-electron chi connectivity index (χ3n) is 7.36. The van der Waals surface area contributed by atoms with Crippen molar-refractivity contribution in [3.8, 4) is 0 Å². The standard InChI is InChI=1S/C28H29F6NO/c1-2-25(35)19-9-7-17(8-10-19)16-3-5-18(6-4-16)21-14-23(30)27(24(31)15-21)20-11-12-26(22(29)13-20)36-28(32,33)34/h3-5,12-15,17,19,25H,2,6-11,35H2,1H3. The summed E-state index contributed by atoms with van der Waals surface area (Å²) in [5.74, 6) is -3.14. The van der Waals surface area contributed by atoms with Crippen molar-refractivity contribution in [1.82, 2.24) is 0 Å². The molecule has 3 aliphatic rings. The minimum Gasteiger partial charge on any atom is -0.403 e. The third kappa shape index (κ3) is 5.97. The van der Waals surface area contributed by atoms with Gasteiger partial charge in [-0.3, -0.25) is 0 Å². The second-order valence-corrected chi connectivity index (χ2v) is 9.60. The Morgan fingerprint density at radius 3 is 2.11 bits per heavy atom. The van der Waals surface area contributed by atoms with E-state index in [0.29, 0.717) is 29.6 Å². The topological polar surface area (TPSA) is 35.2 Å². The number of hydrogen-bond donors (Lipinski definition) is 1. The van der Waals surface area contributed by atoms with Crippen LogP contribution in [0, 0.1) is 23.5 Å². The maximum absolute atomic E-state index is 14.9. The van der Waals surface area contributed by atoms with Crippen LogP contribution in [0.15, 0.2) is 59.7 Å². The van der Waals surface area contributed by atoms with Gasteiger partial charge in [0.05, 0.1) is 0 Å². The monoisotopic (exact) mass is 509 g/mol. The predicted molar refractivity (Wildman–Crippen MR) is 127 cm³/mol. The van der Waals surface area contributed by atoms with Gasteiger partial charge in [-0.2, -0.15) is 0 Å². The van der Waals surface area contributed by atoms with E-state index in [1.807, 2.05) is 12.2 Å². The molecule has 0 spiro atoms. The van der Waals surface area contributed by atoms with Crippen LogP contribution in [0.1, 0.15) is 51.9 Å². The van der Waals surface area contributed by atoms with Crippen LogP contribution in [0.4, 0.5) is 26.3 Å². The smallest absolute Gasteiger partial charge is 0.403 e. The van der Waals surface area contributed by atoms with E-state index >= 15 is 0 Å². The largest absolute Gasteiger partial charge is 0.573 e. The highest BCUT2D eigenvalue weighted by molar-refractivity contribution is 5.65. The molecule has 36 heavy (non-hydrogen) atoms. The fraction of sp³-hybridized carbons (Fsp3) is 0.429. The first-order valence-electron chi connectivity index (χ1n) is 12.2. The van der Waals surface area contributed by atoms with Crippen LogP contribution in [0.5, 0.6) is 0 Å². The number of halogens is 6. The van der Waals surface area contributed by atoms with Crippen LogP contribution in [-0.2, 0) is 4.74 Å². The maximum Gasteiger partial charge on any atom is 0.573 e. The van der Waals surface area contributed by atoms with Crippen molar-refractivity contribution >= 4 is 11.1 Å². The van der Waals surface area contributed by atoms with Gasteiger partial charge in [-0.1, -0.05) is 25.2 Å². The molecule has 0 heterocycles. The molecule has 1 aromatic rings. The van der Waals surface area contributed by atoms with Crippen molar-refractivity contribution in [3.63, 3.8) is 0 Å². The van der Waals surface area contributed by atoms with Gasteiger partial charge in [-0.05, 0) is 103 Å². The molecule has 0 saturated heterocycles. The van der Waals surface area contributed by atoms with E-state index in [9.17, 15) is 26.3 Å². The molecule has 1 aromatic carbocycles. The first-order chi connectivity index (χ1) is 17.1. The fourth-order valence-corrected chi connectivity index (χ4v) is 5.33. The van der Waals surface area contributed by atoms with Gasteiger partial charge in [-0.15, -0.1) is 13.2 Å². The molecular formula is C28H29F6NO. The summed E-state index contributed by atoms with van der Waals surface area (Å²) in [6.07, 6.45) is 7.99. The molecule has 1 saturated carbocycles. The van der Waals surface area contributed by atoms with Gasteiger partial charge in [0.2, 0.25) is 0 Å². The summed E-state index contributed by atoms with van der Waals surface area (Å²) in [5.41, 5.74) is 8.09. The van der Waals surface area contributed by atoms with Crippen LogP contribution in [-0.4, -0.2) is 12.4 Å². The summed E-state index contributed by atoms with van der Waals surface area (Å²) in [6, 6.07) is 2.61. The highest BCUT2D eigenvalue weighted by Crippen LogP contribution is 2.37. The number of rotatable bonds is 4. The fourth-order valence-electron chi connectivity index (χ4n) is 5.33.